The lowest BCUT2D eigenvalue weighted by molar-refractivity contribution is 0.0692. The van der Waals surface area contributed by atoms with Gasteiger partial charge in [0.25, 0.3) is 5.91 Å². The molecule has 28 heavy (non-hydrogen) atoms. The van der Waals surface area contributed by atoms with Crippen molar-refractivity contribution in [1.82, 2.24) is 4.98 Å². The molecule has 140 valence electrons. The number of anilines is 1. The molecule has 0 atom stereocenters. The maximum Gasteiger partial charge on any atom is 0.341 e. The Balaban J connectivity index is 1.97. The van der Waals surface area contributed by atoms with Crippen LogP contribution in [-0.4, -0.2) is 29.1 Å². The van der Waals surface area contributed by atoms with E-state index in [9.17, 15) is 14.7 Å². The summed E-state index contributed by atoms with van der Waals surface area (Å²) < 4.78 is 10.6. The number of carboxylic acid groups (broad SMARTS) is 1. The number of benzene rings is 1. The van der Waals surface area contributed by atoms with Crippen LogP contribution in [0.4, 0.5) is 5.69 Å². The minimum absolute atomic E-state index is 0.0684. The Morgan fingerprint density at radius 1 is 1.25 bits per heavy atom. The fourth-order valence-electron chi connectivity index (χ4n) is 2.93. The van der Waals surface area contributed by atoms with Crippen LogP contribution >= 0.6 is 11.3 Å². The van der Waals surface area contributed by atoms with E-state index in [-0.39, 0.29) is 22.9 Å². The van der Waals surface area contributed by atoms with Crippen LogP contribution in [0.3, 0.4) is 0 Å². The molecule has 0 aliphatic rings. The molecule has 0 fully saturated rings. The van der Waals surface area contributed by atoms with Crippen molar-refractivity contribution in [2.24, 2.45) is 0 Å². The molecule has 0 unspecified atom stereocenters. The molecule has 0 bridgehead atoms. The minimum Gasteiger partial charge on any atom is -0.480 e. The predicted octanol–water partition coefficient (Wildman–Crippen LogP) is 4.52. The second kappa shape index (κ2) is 7.16. The highest BCUT2D eigenvalue weighted by molar-refractivity contribution is 7.08. The second-order valence-electron chi connectivity index (χ2n) is 5.85. The summed E-state index contributed by atoms with van der Waals surface area (Å²) in [7, 11) is 1.34. The molecule has 0 radical (unpaired) electrons. The first kappa shape index (κ1) is 17.7. The highest BCUT2D eigenvalue weighted by atomic mass is 32.1. The van der Waals surface area contributed by atoms with E-state index in [4.69, 9.17) is 9.15 Å². The SMILES string of the molecule is COc1nc2c(C(=O)Nc3ccsc3)c(-c3ccco3)ccc2cc1C(=O)O. The third-order valence-corrected chi connectivity index (χ3v) is 4.85. The summed E-state index contributed by atoms with van der Waals surface area (Å²) in [6.07, 6.45) is 1.52. The molecule has 1 amide bonds. The summed E-state index contributed by atoms with van der Waals surface area (Å²) in [5.41, 5.74) is 1.72. The Morgan fingerprint density at radius 2 is 2.11 bits per heavy atom. The van der Waals surface area contributed by atoms with Crippen LogP contribution in [0.5, 0.6) is 5.88 Å². The summed E-state index contributed by atoms with van der Waals surface area (Å²) in [5, 5.41) is 16.4. The number of carboxylic acids is 1. The van der Waals surface area contributed by atoms with Gasteiger partial charge in [-0.15, -0.1) is 0 Å². The normalized spacial score (nSPS) is 10.8. The Bertz CT molecular complexity index is 1170. The van der Waals surface area contributed by atoms with Crippen LogP contribution in [0.2, 0.25) is 0 Å². The van der Waals surface area contributed by atoms with Crippen molar-refractivity contribution in [2.45, 2.75) is 0 Å². The highest BCUT2D eigenvalue weighted by Gasteiger charge is 2.23. The van der Waals surface area contributed by atoms with Crippen LogP contribution in [0.15, 0.2) is 57.8 Å². The number of aromatic carboxylic acids is 1. The largest absolute Gasteiger partial charge is 0.480 e. The number of amides is 1. The summed E-state index contributed by atoms with van der Waals surface area (Å²) >= 11 is 1.46. The Hall–Kier alpha value is -3.65. The third kappa shape index (κ3) is 3.10. The maximum atomic E-state index is 13.1. The van der Waals surface area contributed by atoms with Gasteiger partial charge in [0.05, 0.1) is 30.1 Å². The number of pyridine rings is 1. The Kier molecular flexibility index (Phi) is 4.54. The number of rotatable bonds is 5. The van der Waals surface area contributed by atoms with Crippen LogP contribution in [-0.2, 0) is 0 Å². The van der Waals surface area contributed by atoms with Gasteiger partial charge in [-0.1, -0.05) is 6.07 Å². The number of fused-ring (bicyclic) bond motifs is 1. The average Bonchev–Trinajstić information content (AvgIpc) is 3.39. The predicted molar refractivity (Wildman–Crippen MR) is 105 cm³/mol. The van der Waals surface area contributed by atoms with Gasteiger partial charge in [-0.3, -0.25) is 4.79 Å². The van der Waals surface area contributed by atoms with Crippen LogP contribution < -0.4 is 10.1 Å². The van der Waals surface area contributed by atoms with Gasteiger partial charge >= 0.3 is 5.97 Å². The Morgan fingerprint density at radius 3 is 2.75 bits per heavy atom. The zero-order chi connectivity index (χ0) is 19.7. The quantitative estimate of drug-likeness (QED) is 0.516. The fraction of sp³-hybridized carbons (Fsp3) is 0.0500. The van der Waals surface area contributed by atoms with Crippen LogP contribution in [0, 0.1) is 0 Å². The van der Waals surface area contributed by atoms with Gasteiger partial charge in [-0.05, 0) is 35.7 Å². The molecule has 3 aromatic heterocycles. The number of nitrogens with zero attached hydrogens (tertiary/aromatic N) is 1. The maximum absolute atomic E-state index is 13.1. The second-order valence-corrected chi connectivity index (χ2v) is 6.63. The van der Waals surface area contributed by atoms with E-state index in [2.05, 4.69) is 10.3 Å². The Labute approximate surface area is 163 Å². The van der Waals surface area contributed by atoms with Crippen molar-refractivity contribution >= 4 is 39.8 Å². The number of ether oxygens (including phenoxy) is 1. The summed E-state index contributed by atoms with van der Waals surface area (Å²) in [4.78, 5) is 28.9. The minimum atomic E-state index is -1.16. The first-order valence-electron chi connectivity index (χ1n) is 8.21. The molecular weight excluding hydrogens is 380 g/mol. The average molecular weight is 394 g/mol. The lowest BCUT2D eigenvalue weighted by atomic mass is 9.99. The molecule has 0 saturated heterocycles. The van der Waals surface area contributed by atoms with E-state index in [1.165, 1.54) is 30.8 Å². The molecule has 0 spiro atoms. The van der Waals surface area contributed by atoms with Gasteiger partial charge in [-0.2, -0.15) is 11.3 Å². The van der Waals surface area contributed by atoms with Crippen LogP contribution in [0.1, 0.15) is 20.7 Å². The lowest BCUT2D eigenvalue weighted by Gasteiger charge is -2.13. The van der Waals surface area contributed by atoms with E-state index in [1.807, 2.05) is 10.8 Å². The smallest absolute Gasteiger partial charge is 0.341 e. The molecule has 7 nitrogen and oxygen atoms in total. The lowest BCUT2D eigenvalue weighted by Crippen LogP contribution is -2.14. The molecule has 8 heteroatoms. The molecule has 0 saturated carbocycles. The van der Waals surface area contributed by atoms with Crippen molar-refractivity contribution in [3.63, 3.8) is 0 Å². The van der Waals surface area contributed by atoms with Crippen molar-refractivity contribution in [1.29, 1.82) is 0 Å². The van der Waals surface area contributed by atoms with Crippen molar-refractivity contribution < 1.29 is 23.8 Å². The summed E-state index contributed by atoms with van der Waals surface area (Å²) in [6, 6.07) is 10.1. The van der Waals surface area contributed by atoms with E-state index in [0.29, 0.717) is 27.9 Å². The number of aromatic nitrogens is 1. The van der Waals surface area contributed by atoms with Gasteiger partial charge in [-0.25, -0.2) is 9.78 Å². The van der Waals surface area contributed by atoms with Gasteiger partial charge in [0.15, 0.2) is 0 Å². The third-order valence-electron chi connectivity index (χ3n) is 4.17. The number of carbonyl (C=O) groups excluding carboxylic acids is 1. The van der Waals surface area contributed by atoms with Crippen molar-refractivity contribution in [3.8, 4) is 17.2 Å². The highest BCUT2D eigenvalue weighted by Crippen LogP contribution is 2.33. The molecule has 3 heterocycles. The van der Waals surface area contributed by atoms with Gasteiger partial charge in [0.2, 0.25) is 5.88 Å². The molecule has 4 rings (SSSR count). The number of nitrogens with one attached hydrogen (secondary N) is 1. The molecular formula is C20H14N2O5S. The summed E-state index contributed by atoms with van der Waals surface area (Å²) in [6.45, 7) is 0. The van der Waals surface area contributed by atoms with Crippen LogP contribution in [0.25, 0.3) is 22.2 Å². The van der Waals surface area contributed by atoms with E-state index in [0.717, 1.165) is 0 Å². The number of furan rings is 1. The van der Waals surface area contributed by atoms with E-state index >= 15 is 0 Å². The molecule has 2 N–H and O–H groups in total. The number of hydrogen-bond donors (Lipinski definition) is 2. The van der Waals surface area contributed by atoms with E-state index in [1.54, 1.807) is 30.3 Å². The molecule has 1 aromatic carbocycles. The van der Waals surface area contributed by atoms with Gasteiger partial charge in [0.1, 0.15) is 11.3 Å². The standard InChI is InChI=1S/C20H14N2O5S/c1-26-19-14(20(24)25)9-11-4-5-13(15-3-2-7-27-15)16(17(11)22-19)18(23)21-12-6-8-28-10-12/h2-10H,1H3,(H,21,23)(H,24,25). The van der Waals surface area contributed by atoms with Gasteiger partial charge in [0, 0.05) is 16.3 Å². The zero-order valence-corrected chi connectivity index (χ0v) is 15.4. The number of methoxy groups -OCH3 is 1. The number of thiophene rings is 1. The van der Waals surface area contributed by atoms with Crippen molar-refractivity contribution in [3.05, 3.63) is 64.5 Å². The monoisotopic (exact) mass is 394 g/mol. The van der Waals surface area contributed by atoms with Gasteiger partial charge < -0.3 is 19.6 Å². The molecule has 0 aliphatic carbocycles. The fourth-order valence-corrected chi connectivity index (χ4v) is 3.52. The van der Waals surface area contributed by atoms with E-state index < -0.39 is 5.97 Å². The number of hydrogen-bond acceptors (Lipinski definition) is 6. The van der Waals surface area contributed by atoms with Crippen molar-refractivity contribution in [2.75, 3.05) is 12.4 Å². The molecule has 0 aliphatic heterocycles. The first-order valence-corrected chi connectivity index (χ1v) is 9.15. The zero-order valence-electron chi connectivity index (χ0n) is 14.6. The summed E-state index contributed by atoms with van der Waals surface area (Å²) in [5.74, 6) is -1.11. The topological polar surface area (TPSA) is 102 Å². The molecule has 4 aromatic rings. The number of carbonyl (C=O) groups is 2. The first-order chi connectivity index (χ1) is 13.6.